The van der Waals surface area contributed by atoms with Crippen molar-refractivity contribution in [3.05, 3.63) is 106 Å². The fourth-order valence-electron chi connectivity index (χ4n) is 3.28. The van der Waals surface area contributed by atoms with Crippen LogP contribution < -0.4 is 5.32 Å². The molecule has 5 heteroatoms. The van der Waals surface area contributed by atoms with Gasteiger partial charge in [-0.2, -0.15) is 0 Å². The molecule has 4 aromatic rings. The predicted octanol–water partition coefficient (Wildman–Crippen LogP) is 5.38. The van der Waals surface area contributed by atoms with E-state index in [2.05, 4.69) is 47.1 Å². The summed E-state index contributed by atoms with van der Waals surface area (Å²) in [4.78, 5) is 17.1. The van der Waals surface area contributed by atoms with Gasteiger partial charge in [-0.25, -0.2) is 4.98 Å². The highest BCUT2D eigenvalue weighted by Crippen LogP contribution is 2.18. The van der Waals surface area contributed by atoms with Crippen molar-refractivity contribution in [1.82, 2.24) is 14.9 Å². The van der Waals surface area contributed by atoms with E-state index in [4.69, 9.17) is 16.6 Å². The van der Waals surface area contributed by atoms with E-state index in [0.717, 1.165) is 22.4 Å². The third-order valence-electron chi connectivity index (χ3n) is 4.91. The molecular formula is C25H22ClN3O. The van der Waals surface area contributed by atoms with E-state index in [0.29, 0.717) is 18.1 Å². The molecule has 0 radical (unpaired) electrons. The number of nitrogens with zero attached hydrogens (tertiary/aromatic N) is 2. The Hall–Kier alpha value is -3.37. The Labute approximate surface area is 180 Å². The Morgan fingerprint density at radius 2 is 1.77 bits per heavy atom. The topological polar surface area (TPSA) is 46.9 Å². The molecule has 150 valence electrons. The van der Waals surface area contributed by atoms with Gasteiger partial charge in [0, 0.05) is 17.6 Å². The van der Waals surface area contributed by atoms with Crippen LogP contribution in [0.4, 0.5) is 0 Å². The van der Waals surface area contributed by atoms with Crippen molar-refractivity contribution in [2.75, 3.05) is 0 Å². The maximum atomic E-state index is 12.3. The zero-order valence-corrected chi connectivity index (χ0v) is 17.4. The molecule has 1 N–H and O–H groups in total. The first-order valence-electron chi connectivity index (χ1n) is 9.80. The normalized spacial score (nSPS) is 11.3. The standard InChI is InChI=1S/C25H22ClN3O/c1-18-6-8-20(9-7-18)17-29-23-5-3-2-4-22(23)28-24(29)16-27-25(30)15-12-19-10-13-21(26)14-11-19/h2-15H,16-17H2,1H3,(H,27,30)/b15-12+. The number of nitrogens with one attached hydrogen (secondary N) is 1. The summed E-state index contributed by atoms with van der Waals surface area (Å²) in [6.07, 6.45) is 3.29. The van der Waals surface area contributed by atoms with Gasteiger partial charge in [0.1, 0.15) is 5.82 Å². The zero-order chi connectivity index (χ0) is 20.9. The van der Waals surface area contributed by atoms with Gasteiger partial charge in [0.05, 0.1) is 17.6 Å². The molecule has 30 heavy (non-hydrogen) atoms. The van der Waals surface area contributed by atoms with Gasteiger partial charge in [-0.3, -0.25) is 4.79 Å². The second-order valence-electron chi connectivity index (χ2n) is 7.19. The van der Waals surface area contributed by atoms with E-state index in [1.807, 2.05) is 30.3 Å². The number of benzene rings is 3. The van der Waals surface area contributed by atoms with Crippen LogP contribution >= 0.6 is 11.6 Å². The molecule has 0 saturated heterocycles. The van der Waals surface area contributed by atoms with Crippen LogP contribution in [-0.4, -0.2) is 15.5 Å². The van der Waals surface area contributed by atoms with Gasteiger partial charge in [-0.05, 0) is 48.4 Å². The molecule has 0 aliphatic heterocycles. The molecular weight excluding hydrogens is 394 g/mol. The quantitative estimate of drug-likeness (QED) is 0.430. The summed E-state index contributed by atoms with van der Waals surface area (Å²) in [6.45, 7) is 3.13. The third-order valence-corrected chi connectivity index (χ3v) is 5.16. The van der Waals surface area contributed by atoms with Crippen LogP contribution in [0.1, 0.15) is 22.5 Å². The second-order valence-corrected chi connectivity index (χ2v) is 7.63. The molecule has 1 aromatic heterocycles. The summed E-state index contributed by atoms with van der Waals surface area (Å²) >= 11 is 5.89. The number of halogens is 1. The SMILES string of the molecule is Cc1ccc(Cn2c(CNC(=O)/C=C/c3ccc(Cl)cc3)nc3ccccc32)cc1. The number of imidazole rings is 1. The Balaban J connectivity index is 1.51. The van der Waals surface area contributed by atoms with Crippen LogP contribution in [0, 0.1) is 6.92 Å². The highest BCUT2D eigenvalue weighted by atomic mass is 35.5. The maximum absolute atomic E-state index is 12.3. The van der Waals surface area contributed by atoms with Crippen molar-refractivity contribution in [2.24, 2.45) is 0 Å². The lowest BCUT2D eigenvalue weighted by molar-refractivity contribution is -0.116. The molecule has 1 heterocycles. The van der Waals surface area contributed by atoms with Crippen LogP contribution in [0.2, 0.25) is 5.02 Å². The summed E-state index contributed by atoms with van der Waals surface area (Å²) < 4.78 is 2.16. The number of rotatable bonds is 6. The molecule has 0 atom stereocenters. The monoisotopic (exact) mass is 415 g/mol. The fourth-order valence-corrected chi connectivity index (χ4v) is 3.41. The van der Waals surface area contributed by atoms with Crippen LogP contribution in [0.3, 0.4) is 0 Å². The first kappa shape index (κ1) is 19.9. The smallest absolute Gasteiger partial charge is 0.244 e. The number of aromatic nitrogens is 2. The van der Waals surface area contributed by atoms with E-state index >= 15 is 0 Å². The van der Waals surface area contributed by atoms with E-state index in [1.165, 1.54) is 17.2 Å². The second kappa shape index (κ2) is 8.97. The predicted molar refractivity (Wildman–Crippen MR) is 122 cm³/mol. The summed E-state index contributed by atoms with van der Waals surface area (Å²) in [5.74, 6) is 0.656. The van der Waals surface area contributed by atoms with E-state index in [-0.39, 0.29) is 5.91 Å². The lowest BCUT2D eigenvalue weighted by atomic mass is 10.1. The van der Waals surface area contributed by atoms with Gasteiger partial charge in [0.15, 0.2) is 0 Å². The van der Waals surface area contributed by atoms with E-state index in [1.54, 1.807) is 18.2 Å². The van der Waals surface area contributed by atoms with Gasteiger partial charge in [-0.15, -0.1) is 0 Å². The lowest BCUT2D eigenvalue weighted by Gasteiger charge is -2.10. The van der Waals surface area contributed by atoms with Crippen LogP contribution in [-0.2, 0) is 17.9 Å². The summed E-state index contributed by atoms with van der Waals surface area (Å²) in [6, 6.07) is 23.8. The summed E-state index contributed by atoms with van der Waals surface area (Å²) in [5.41, 5.74) is 5.32. The minimum absolute atomic E-state index is 0.168. The third kappa shape index (κ3) is 4.78. The molecule has 0 aliphatic rings. The Bertz CT molecular complexity index is 1190. The van der Waals surface area contributed by atoms with Crippen molar-refractivity contribution >= 4 is 34.6 Å². The minimum atomic E-state index is -0.168. The first-order valence-corrected chi connectivity index (χ1v) is 10.2. The number of carbonyl (C=O) groups is 1. The van der Waals surface area contributed by atoms with Gasteiger partial charge in [-0.1, -0.05) is 65.7 Å². The molecule has 4 rings (SSSR count). The average molecular weight is 416 g/mol. The van der Waals surface area contributed by atoms with Crippen molar-refractivity contribution in [2.45, 2.75) is 20.0 Å². The molecule has 0 aliphatic carbocycles. The number of hydrogen-bond donors (Lipinski definition) is 1. The fraction of sp³-hybridized carbons (Fsp3) is 0.120. The Kier molecular flexibility index (Phi) is 5.96. The first-order chi connectivity index (χ1) is 14.6. The van der Waals surface area contributed by atoms with Crippen molar-refractivity contribution in [1.29, 1.82) is 0 Å². The highest BCUT2D eigenvalue weighted by Gasteiger charge is 2.11. The van der Waals surface area contributed by atoms with Crippen LogP contribution in [0.25, 0.3) is 17.1 Å². The van der Waals surface area contributed by atoms with Crippen molar-refractivity contribution in [3.8, 4) is 0 Å². The van der Waals surface area contributed by atoms with Gasteiger partial charge in [0.2, 0.25) is 5.91 Å². The maximum Gasteiger partial charge on any atom is 0.244 e. The molecule has 3 aromatic carbocycles. The number of fused-ring (bicyclic) bond motifs is 1. The van der Waals surface area contributed by atoms with Crippen molar-refractivity contribution < 1.29 is 4.79 Å². The molecule has 0 saturated carbocycles. The number of hydrogen-bond acceptors (Lipinski definition) is 2. The Morgan fingerprint density at radius 3 is 2.53 bits per heavy atom. The average Bonchev–Trinajstić information content (AvgIpc) is 3.11. The largest absolute Gasteiger partial charge is 0.345 e. The number of amides is 1. The molecule has 0 unspecified atom stereocenters. The molecule has 0 fully saturated rings. The summed E-state index contributed by atoms with van der Waals surface area (Å²) in [7, 11) is 0. The molecule has 1 amide bonds. The molecule has 4 nitrogen and oxygen atoms in total. The van der Waals surface area contributed by atoms with E-state index in [9.17, 15) is 4.79 Å². The highest BCUT2D eigenvalue weighted by molar-refractivity contribution is 6.30. The molecule has 0 bridgehead atoms. The van der Waals surface area contributed by atoms with Crippen molar-refractivity contribution in [3.63, 3.8) is 0 Å². The number of aryl methyl sites for hydroxylation is 1. The zero-order valence-electron chi connectivity index (χ0n) is 16.7. The van der Waals surface area contributed by atoms with E-state index < -0.39 is 0 Å². The lowest BCUT2D eigenvalue weighted by Crippen LogP contribution is -2.23. The molecule has 0 spiro atoms. The Morgan fingerprint density at radius 1 is 1.03 bits per heavy atom. The van der Waals surface area contributed by atoms with Crippen LogP contribution in [0.5, 0.6) is 0 Å². The number of para-hydroxylation sites is 2. The summed E-state index contributed by atoms with van der Waals surface area (Å²) in [5, 5.41) is 3.61. The van der Waals surface area contributed by atoms with Gasteiger partial charge < -0.3 is 9.88 Å². The minimum Gasteiger partial charge on any atom is -0.345 e. The van der Waals surface area contributed by atoms with Gasteiger partial charge in [0.25, 0.3) is 0 Å². The number of carbonyl (C=O) groups excluding carboxylic acids is 1. The van der Waals surface area contributed by atoms with Crippen LogP contribution in [0.15, 0.2) is 78.9 Å². The van der Waals surface area contributed by atoms with Gasteiger partial charge >= 0.3 is 0 Å².